The molecule has 0 saturated carbocycles. The van der Waals surface area contributed by atoms with Gasteiger partial charge in [0, 0.05) is 63.0 Å². The largest absolute Gasteiger partial charge is 0.365 e. The van der Waals surface area contributed by atoms with Gasteiger partial charge < -0.3 is 20.0 Å². The molecule has 1 aromatic carbocycles. The van der Waals surface area contributed by atoms with Crippen LogP contribution in [0.2, 0.25) is 0 Å². The van der Waals surface area contributed by atoms with E-state index in [4.69, 9.17) is 9.97 Å². The number of hydrogen-bond acceptors (Lipinski definition) is 7. The van der Waals surface area contributed by atoms with Crippen LogP contribution in [0.5, 0.6) is 0 Å². The van der Waals surface area contributed by atoms with Gasteiger partial charge in [-0.3, -0.25) is 9.00 Å². The number of carbonyl (C=O) groups is 1. The van der Waals surface area contributed by atoms with Gasteiger partial charge in [-0.2, -0.15) is 4.98 Å². The van der Waals surface area contributed by atoms with Gasteiger partial charge in [0.25, 0.3) is 0 Å². The van der Waals surface area contributed by atoms with Crippen LogP contribution in [-0.2, 0) is 22.0 Å². The second kappa shape index (κ2) is 7.97. The number of likely N-dealkylation sites (tertiary alicyclic amines) is 1. The number of hydrogen-bond donors (Lipinski definition) is 1. The number of fused-ring (bicyclic) bond motifs is 3. The maximum atomic E-state index is 12.7. The summed E-state index contributed by atoms with van der Waals surface area (Å²) in [6.45, 7) is 4.63. The minimum Gasteiger partial charge on any atom is -0.365 e. The maximum Gasteiger partial charge on any atom is 0.227 e. The van der Waals surface area contributed by atoms with E-state index < -0.39 is 10.8 Å². The molecular formula is C24H30N6O2S. The second-order valence-corrected chi connectivity index (χ2v) is 11.3. The molecule has 3 fully saturated rings. The molecule has 4 aliphatic rings. The van der Waals surface area contributed by atoms with Crippen molar-refractivity contribution in [2.24, 2.45) is 0 Å². The molecular weight excluding hydrogens is 436 g/mol. The normalized spacial score (nSPS) is 28.5. The fourth-order valence-electron chi connectivity index (χ4n) is 5.70. The molecule has 2 unspecified atom stereocenters. The fraction of sp³-hybridized carbons (Fsp3) is 0.542. The summed E-state index contributed by atoms with van der Waals surface area (Å²) in [6.07, 6.45) is 3.14. The van der Waals surface area contributed by atoms with Gasteiger partial charge in [0.1, 0.15) is 10.7 Å². The number of benzene rings is 1. The number of aryl methyl sites for hydroxylation is 2. The van der Waals surface area contributed by atoms with Crippen LogP contribution in [-0.4, -0.2) is 75.5 Å². The molecule has 1 N–H and O–H groups in total. The summed E-state index contributed by atoms with van der Waals surface area (Å²) in [5, 5.41) is 3.54. The molecule has 1 aromatic heterocycles. The summed E-state index contributed by atoms with van der Waals surface area (Å²) in [5.41, 5.74) is 3.48. The van der Waals surface area contributed by atoms with E-state index in [1.54, 1.807) is 4.90 Å². The van der Waals surface area contributed by atoms with Crippen LogP contribution in [0.4, 0.5) is 17.5 Å². The molecule has 0 aliphatic carbocycles. The summed E-state index contributed by atoms with van der Waals surface area (Å²) in [5.74, 6) is 2.25. The zero-order chi connectivity index (χ0) is 22.7. The van der Waals surface area contributed by atoms with Crippen molar-refractivity contribution in [3.63, 3.8) is 0 Å². The molecule has 2 bridgehead atoms. The topological polar surface area (TPSA) is 81.7 Å². The van der Waals surface area contributed by atoms with E-state index in [1.807, 2.05) is 7.05 Å². The number of rotatable bonds is 4. The Hall–Kier alpha value is -2.68. The Balaban J connectivity index is 1.25. The average Bonchev–Trinajstić information content (AvgIpc) is 3.51. The van der Waals surface area contributed by atoms with Crippen LogP contribution >= 0.6 is 0 Å². The first-order valence-corrected chi connectivity index (χ1v) is 13.2. The summed E-state index contributed by atoms with van der Waals surface area (Å²) in [7, 11) is 0.770. The van der Waals surface area contributed by atoms with E-state index in [0.29, 0.717) is 36.6 Å². The number of likely N-dealkylation sites (N-methyl/N-ethyl adjacent to an activating group) is 1. The number of carbonyl (C=O) groups excluding carboxylic acids is 1. The molecule has 3 saturated heterocycles. The molecule has 33 heavy (non-hydrogen) atoms. The Morgan fingerprint density at radius 1 is 1.03 bits per heavy atom. The van der Waals surface area contributed by atoms with Gasteiger partial charge in [0.15, 0.2) is 0 Å². The summed E-state index contributed by atoms with van der Waals surface area (Å²) in [6, 6.07) is 9.74. The average molecular weight is 467 g/mol. The molecule has 1 amide bonds. The number of piperidine rings is 1. The quantitative estimate of drug-likeness (QED) is 0.738. The van der Waals surface area contributed by atoms with Crippen molar-refractivity contribution < 1.29 is 9.00 Å². The number of nitrogens with one attached hydrogen (secondary N) is 1. The van der Waals surface area contributed by atoms with Crippen LogP contribution < -0.4 is 15.1 Å². The van der Waals surface area contributed by atoms with Crippen LogP contribution in [0.15, 0.2) is 29.2 Å². The lowest BCUT2D eigenvalue weighted by atomic mass is 10.1. The lowest BCUT2D eigenvalue weighted by Gasteiger charge is -2.36. The van der Waals surface area contributed by atoms with Gasteiger partial charge in [0.05, 0.1) is 22.5 Å². The zero-order valence-electron chi connectivity index (χ0n) is 19.2. The predicted octanol–water partition coefficient (Wildman–Crippen LogP) is 1.95. The van der Waals surface area contributed by atoms with Crippen LogP contribution in [0.3, 0.4) is 0 Å². The van der Waals surface area contributed by atoms with E-state index in [-0.39, 0.29) is 11.9 Å². The summed E-state index contributed by atoms with van der Waals surface area (Å²) in [4.78, 5) is 29.1. The lowest BCUT2D eigenvalue weighted by Crippen LogP contribution is -2.47. The van der Waals surface area contributed by atoms with Crippen LogP contribution in [0, 0.1) is 6.92 Å². The molecule has 174 valence electrons. The van der Waals surface area contributed by atoms with Crippen molar-refractivity contribution in [3.05, 3.63) is 35.5 Å². The van der Waals surface area contributed by atoms with Gasteiger partial charge in [-0.1, -0.05) is 17.7 Å². The first-order chi connectivity index (χ1) is 16.0. The third kappa shape index (κ3) is 3.66. The molecule has 9 heteroatoms. The standard InChI is InChI=1S/C24H30N6O2S/c1-15-3-6-17(7-4-15)29-13-19-11-18(29)14-30(19)24-26-20-9-10-33(32)22(20)23(27-24)25-16-5-8-21(31)28(2)12-16/h3-4,6-7,16,18-19H,5,8-14H2,1-2H3,(H,25,26,27)/t16-,18+,19?,33?/m0/s1. The van der Waals surface area contributed by atoms with Gasteiger partial charge in [0.2, 0.25) is 11.9 Å². The summed E-state index contributed by atoms with van der Waals surface area (Å²) < 4.78 is 12.7. The van der Waals surface area contributed by atoms with Crippen LogP contribution in [0.25, 0.3) is 0 Å². The zero-order valence-corrected chi connectivity index (χ0v) is 20.0. The van der Waals surface area contributed by atoms with Crippen molar-refractivity contribution in [1.82, 2.24) is 14.9 Å². The third-order valence-corrected chi connectivity index (χ3v) is 8.97. The molecule has 2 aromatic rings. The molecule has 4 atom stereocenters. The number of piperazine rings is 1. The maximum absolute atomic E-state index is 12.7. The van der Waals surface area contributed by atoms with E-state index in [1.165, 1.54) is 11.3 Å². The number of amides is 1. The first-order valence-electron chi connectivity index (χ1n) is 11.9. The second-order valence-electron chi connectivity index (χ2n) is 9.79. The van der Waals surface area contributed by atoms with Crippen molar-refractivity contribution in [1.29, 1.82) is 0 Å². The minimum atomic E-state index is -1.07. The molecule has 5 heterocycles. The van der Waals surface area contributed by atoms with Crippen molar-refractivity contribution in [2.45, 2.75) is 55.6 Å². The Morgan fingerprint density at radius 2 is 1.79 bits per heavy atom. The summed E-state index contributed by atoms with van der Waals surface area (Å²) >= 11 is 0. The van der Waals surface area contributed by atoms with Gasteiger partial charge in [-0.15, -0.1) is 0 Å². The van der Waals surface area contributed by atoms with Gasteiger partial charge in [-0.25, -0.2) is 4.98 Å². The van der Waals surface area contributed by atoms with Gasteiger partial charge in [-0.05, 0) is 31.9 Å². The van der Waals surface area contributed by atoms with E-state index in [9.17, 15) is 9.00 Å². The highest BCUT2D eigenvalue weighted by atomic mass is 32.2. The Kier molecular flexibility index (Phi) is 5.05. The van der Waals surface area contributed by atoms with Crippen molar-refractivity contribution >= 4 is 34.2 Å². The predicted molar refractivity (Wildman–Crippen MR) is 129 cm³/mol. The Morgan fingerprint density at radius 3 is 2.52 bits per heavy atom. The first kappa shape index (κ1) is 20.9. The van der Waals surface area contributed by atoms with E-state index in [2.05, 4.69) is 46.3 Å². The smallest absolute Gasteiger partial charge is 0.227 e. The minimum absolute atomic E-state index is 0.115. The van der Waals surface area contributed by atoms with E-state index in [0.717, 1.165) is 48.9 Å². The highest BCUT2D eigenvalue weighted by Crippen LogP contribution is 2.38. The molecule has 4 aliphatic heterocycles. The highest BCUT2D eigenvalue weighted by Gasteiger charge is 2.45. The van der Waals surface area contributed by atoms with Crippen molar-refractivity contribution in [3.8, 4) is 0 Å². The number of nitrogens with zero attached hydrogens (tertiary/aromatic N) is 5. The monoisotopic (exact) mass is 466 g/mol. The number of anilines is 3. The molecule has 8 nitrogen and oxygen atoms in total. The number of aromatic nitrogens is 2. The molecule has 0 spiro atoms. The van der Waals surface area contributed by atoms with E-state index >= 15 is 0 Å². The SMILES string of the molecule is Cc1ccc(N2CC3C[C@@H]2CN3c2nc3c(c(N[C@H]4CCC(=O)N(C)C4)n2)S(=O)CC3)cc1. The lowest BCUT2D eigenvalue weighted by molar-refractivity contribution is -0.132. The van der Waals surface area contributed by atoms with Crippen LogP contribution in [0.1, 0.15) is 30.5 Å². The third-order valence-electron chi connectivity index (χ3n) is 7.51. The molecule has 0 radical (unpaired) electrons. The Labute approximate surface area is 196 Å². The molecule has 6 rings (SSSR count). The Bertz CT molecular complexity index is 1120. The fourth-order valence-corrected chi connectivity index (χ4v) is 7.01. The van der Waals surface area contributed by atoms with Crippen molar-refractivity contribution in [2.75, 3.05) is 47.6 Å². The highest BCUT2D eigenvalue weighted by molar-refractivity contribution is 7.85. The van der Waals surface area contributed by atoms with Gasteiger partial charge >= 0.3 is 0 Å².